The average Bonchev–Trinajstić information content (AvgIpc) is 2.42. The van der Waals surface area contributed by atoms with Gasteiger partial charge in [-0.15, -0.1) is 0 Å². The van der Waals surface area contributed by atoms with Crippen molar-refractivity contribution in [1.82, 2.24) is 5.32 Å². The van der Waals surface area contributed by atoms with Crippen LogP contribution in [0.25, 0.3) is 11.1 Å². The molecule has 1 N–H and O–H groups in total. The summed E-state index contributed by atoms with van der Waals surface area (Å²) in [5, 5.41) is 3.45. The van der Waals surface area contributed by atoms with Crippen molar-refractivity contribution >= 4 is 15.9 Å². The van der Waals surface area contributed by atoms with Crippen LogP contribution >= 0.6 is 15.9 Å². The quantitative estimate of drug-likeness (QED) is 0.771. The molecule has 0 amide bonds. The Bertz CT molecular complexity index is 531. The molecule has 0 saturated heterocycles. The van der Waals surface area contributed by atoms with Crippen LogP contribution in [0.3, 0.4) is 0 Å². The molecule has 0 atom stereocenters. The van der Waals surface area contributed by atoms with Gasteiger partial charge in [0.25, 0.3) is 0 Å². The zero-order valence-corrected chi connectivity index (χ0v) is 13.1. The molecule has 0 aliphatic carbocycles. The molecule has 0 heterocycles. The van der Waals surface area contributed by atoms with Crippen LogP contribution in [-0.4, -0.2) is 6.54 Å². The minimum absolute atomic E-state index is 0.942. The molecule has 0 aliphatic rings. The largest absolute Gasteiger partial charge is 0.313 e. The van der Waals surface area contributed by atoms with Crippen LogP contribution in [0.4, 0.5) is 0 Å². The number of benzene rings is 2. The van der Waals surface area contributed by atoms with Crippen molar-refractivity contribution in [2.24, 2.45) is 0 Å². The zero-order chi connectivity index (χ0) is 13.7. The van der Waals surface area contributed by atoms with E-state index >= 15 is 0 Å². The Hall–Kier alpha value is -1.12. The Morgan fingerprint density at radius 3 is 2.47 bits per heavy atom. The molecule has 0 fully saturated rings. The number of nitrogens with one attached hydrogen (secondary N) is 1. The molecule has 2 aromatic carbocycles. The molecule has 0 bridgehead atoms. The first-order valence-corrected chi connectivity index (χ1v) is 7.56. The summed E-state index contributed by atoms with van der Waals surface area (Å²) in [6, 6.07) is 15.2. The van der Waals surface area contributed by atoms with E-state index in [1.54, 1.807) is 0 Å². The first-order chi connectivity index (χ1) is 9.20. The van der Waals surface area contributed by atoms with Gasteiger partial charge in [-0.2, -0.15) is 0 Å². The fourth-order valence-corrected chi connectivity index (χ4v) is 2.39. The molecule has 0 aliphatic heterocycles. The first kappa shape index (κ1) is 14.3. The lowest BCUT2D eigenvalue weighted by Crippen LogP contribution is -2.13. The maximum atomic E-state index is 3.48. The molecular weight excluding hydrogens is 298 g/mol. The van der Waals surface area contributed by atoms with Crippen LogP contribution in [-0.2, 0) is 6.54 Å². The molecule has 0 spiro atoms. The smallest absolute Gasteiger partial charge is 0.0205 e. The molecule has 19 heavy (non-hydrogen) atoms. The number of rotatable bonds is 5. The number of hydrogen-bond acceptors (Lipinski definition) is 1. The maximum absolute atomic E-state index is 3.48. The Labute approximate surface area is 124 Å². The van der Waals surface area contributed by atoms with Gasteiger partial charge in [0.1, 0.15) is 0 Å². The van der Waals surface area contributed by atoms with Crippen molar-refractivity contribution in [2.45, 2.75) is 26.8 Å². The van der Waals surface area contributed by atoms with Crippen molar-refractivity contribution in [3.63, 3.8) is 0 Å². The summed E-state index contributed by atoms with van der Waals surface area (Å²) in [6.07, 6.45) is 1.17. The summed E-state index contributed by atoms with van der Waals surface area (Å²) < 4.78 is 1.12. The van der Waals surface area contributed by atoms with Gasteiger partial charge >= 0.3 is 0 Å². The summed E-state index contributed by atoms with van der Waals surface area (Å²) in [5.41, 5.74) is 5.26. The van der Waals surface area contributed by atoms with E-state index in [-0.39, 0.29) is 0 Å². The average molecular weight is 318 g/mol. The van der Waals surface area contributed by atoms with Crippen molar-refractivity contribution < 1.29 is 0 Å². The molecule has 0 aromatic heterocycles. The Balaban J connectivity index is 2.24. The minimum atomic E-state index is 0.942. The predicted molar refractivity (Wildman–Crippen MR) is 86.3 cm³/mol. The Morgan fingerprint density at radius 1 is 1.05 bits per heavy atom. The van der Waals surface area contributed by atoms with E-state index in [0.29, 0.717) is 0 Å². The number of halogens is 1. The summed E-state index contributed by atoms with van der Waals surface area (Å²) in [6.45, 7) is 6.37. The SMILES string of the molecule is CCCNCc1ccc(C)c(-c2ccc(Br)cc2)c1. The number of aryl methyl sites for hydroxylation is 1. The molecule has 2 aromatic rings. The summed E-state index contributed by atoms with van der Waals surface area (Å²) in [4.78, 5) is 0. The van der Waals surface area contributed by atoms with Crippen LogP contribution in [0.2, 0.25) is 0 Å². The third-order valence-electron chi connectivity index (χ3n) is 3.21. The van der Waals surface area contributed by atoms with Gasteiger partial charge in [0.05, 0.1) is 0 Å². The molecule has 1 nitrogen and oxygen atoms in total. The van der Waals surface area contributed by atoms with E-state index in [2.05, 4.69) is 77.6 Å². The standard InChI is InChI=1S/C17H20BrN/c1-3-10-19-12-14-5-4-13(2)17(11-14)15-6-8-16(18)9-7-15/h4-9,11,19H,3,10,12H2,1-2H3. The zero-order valence-electron chi connectivity index (χ0n) is 11.5. The van der Waals surface area contributed by atoms with Crippen molar-refractivity contribution in [3.05, 3.63) is 58.1 Å². The monoisotopic (exact) mass is 317 g/mol. The second kappa shape index (κ2) is 6.88. The van der Waals surface area contributed by atoms with Gasteiger partial charge in [-0.25, -0.2) is 0 Å². The summed E-state index contributed by atoms with van der Waals surface area (Å²) in [7, 11) is 0. The highest BCUT2D eigenvalue weighted by molar-refractivity contribution is 9.10. The van der Waals surface area contributed by atoms with Crippen LogP contribution in [0.1, 0.15) is 24.5 Å². The molecule has 100 valence electrons. The van der Waals surface area contributed by atoms with E-state index in [4.69, 9.17) is 0 Å². The lowest BCUT2D eigenvalue weighted by atomic mass is 9.98. The van der Waals surface area contributed by atoms with E-state index in [0.717, 1.165) is 17.6 Å². The van der Waals surface area contributed by atoms with Crippen molar-refractivity contribution in [2.75, 3.05) is 6.54 Å². The Kier molecular flexibility index (Phi) is 5.17. The van der Waals surface area contributed by atoms with Gasteiger partial charge in [-0.3, -0.25) is 0 Å². The van der Waals surface area contributed by atoms with Gasteiger partial charge in [-0.05, 0) is 60.3 Å². The predicted octanol–water partition coefficient (Wildman–Crippen LogP) is 4.92. The molecule has 2 heteroatoms. The highest BCUT2D eigenvalue weighted by atomic mass is 79.9. The van der Waals surface area contributed by atoms with Crippen molar-refractivity contribution in [3.8, 4) is 11.1 Å². The van der Waals surface area contributed by atoms with Crippen LogP contribution < -0.4 is 5.32 Å². The highest BCUT2D eigenvalue weighted by Gasteiger charge is 2.03. The van der Waals surface area contributed by atoms with Crippen LogP contribution in [0.5, 0.6) is 0 Å². The molecule has 0 saturated carbocycles. The lowest BCUT2D eigenvalue weighted by molar-refractivity contribution is 0.675. The van der Waals surface area contributed by atoms with E-state index in [1.807, 2.05) is 0 Å². The van der Waals surface area contributed by atoms with E-state index in [9.17, 15) is 0 Å². The van der Waals surface area contributed by atoms with Gasteiger partial charge < -0.3 is 5.32 Å². The lowest BCUT2D eigenvalue weighted by Gasteiger charge is -2.10. The van der Waals surface area contributed by atoms with Gasteiger partial charge in [0.15, 0.2) is 0 Å². The van der Waals surface area contributed by atoms with E-state index in [1.165, 1.54) is 28.7 Å². The first-order valence-electron chi connectivity index (χ1n) is 6.77. The van der Waals surface area contributed by atoms with E-state index < -0.39 is 0 Å². The maximum Gasteiger partial charge on any atom is 0.0205 e. The Morgan fingerprint density at radius 2 is 1.79 bits per heavy atom. The summed E-state index contributed by atoms with van der Waals surface area (Å²) in [5.74, 6) is 0. The van der Waals surface area contributed by atoms with Gasteiger partial charge in [0.2, 0.25) is 0 Å². The van der Waals surface area contributed by atoms with Crippen LogP contribution in [0, 0.1) is 6.92 Å². The molecule has 0 radical (unpaired) electrons. The minimum Gasteiger partial charge on any atom is -0.313 e. The normalized spacial score (nSPS) is 10.7. The summed E-state index contributed by atoms with van der Waals surface area (Å²) >= 11 is 3.48. The van der Waals surface area contributed by atoms with Crippen molar-refractivity contribution in [1.29, 1.82) is 0 Å². The molecular formula is C17H20BrN. The van der Waals surface area contributed by atoms with Gasteiger partial charge in [-0.1, -0.05) is 47.1 Å². The third kappa shape index (κ3) is 3.92. The molecule has 2 rings (SSSR count). The number of hydrogen-bond donors (Lipinski definition) is 1. The second-order valence-electron chi connectivity index (χ2n) is 4.83. The fraction of sp³-hybridized carbons (Fsp3) is 0.294. The van der Waals surface area contributed by atoms with Gasteiger partial charge in [0, 0.05) is 11.0 Å². The molecule has 0 unspecified atom stereocenters. The van der Waals surface area contributed by atoms with Crippen LogP contribution in [0.15, 0.2) is 46.9 Å². The topological polar surface area (TPSA) is 12.0 Å². The third-order valence-corrected chi connectivity index (χ3v) is 3.74. The highest BCUT2D eigenvalue weighted by Crippen LogP contribution is 2.26. The fourth-order valence-electron chi connectivity index (χ4n) is 2.13. The second-order valence-corrected chi connectivity index (χ2v) is 5.75.